The first-order valence-corrected chi connectivity index (χ1v) is 7.88. The third-order valence-corrected chi connectivity index (χ3v) is 4.09. The number of carbonyl (C=O) groups excluding carboxylic acids is 2. The molecule has 2 heterocycles. The molecule has 0 spiro atoms. The Kier molecular flexibility index (Phi) is 4.46. The van der Waals surface area contributed by atoms with E-state index in [1.165, 1.54) is 6.26 Å². The molecule has 1 aliphatic rings. The van der Waals surface area contributed by atoms with Crippen LogP contribution < -0.4 is 5.32 Å². The van der Waals surface area contributed by atoms with E-state index in [1.807, 2.05) is 11.0 Å². The minimum atomic E-state index is -0.359. The molecule has 1 saturated heterocycles. The van der Waals surface area contributed by atoms with E-state index in [4.69, 9.17) is 4.42 Å². The van der Waals surface area contributed by atoms with Crippen molar-refractivity contribution in [1.29, 1.82) is 0 Å². The van der Waals surface area contributed by atoms with Crippen LogP contribution >= 0.6 is 0 Å². The van der Waals surface area contributed by atoms with Crippen molar-refractivity contribution in [1.82, 2.24) is 4.90 Å². The van der Waals surface area contributed by atoms with Crippen LogP contribution in [0.1, 0.15) is 40.7 Å². The number of hydrogen-bond acceptors (Lipinski definition) is 3. The number of para-hydroxylation sites is 1. The van der Waals surface area contributed by atoms with Gasteiger partial charge < -0.3 is 14.6 Å². The lowest BCUT2D eigenvalue weighted by atomic mass is 9.99. The highest BCUT2D eigenvalue weighted by molar-refractivity contribution is 6.07. The van der Waals surface area contributed by atoms with Crippen LogP contribution in [0.5, 0.6) is 0 Å². The van der Waals surface area contributed by atoms with Crippen molar-refractivity contribution in [2.45, 2.75) is 19.8 Å². The number of anilines is 1. The third kappa shape index (κ3) is 3.44. The fourth-order valence-electron chi connectivity index (χ4n) is 2.91. The number of furan rings is 1. The van der Waals surface area contributed by atoms with Gasteiger partial charge in [-0.3, -0.25) is 9.59 Å². The molecule has 5 heteroatoms. The smallest absolute Gasteiger partial charge is 0.291 e. The Morgan fingerprint density at radius 2 is 2.04 bits per heavy atom. The van der Waals surface area contributed by atoms with Gasteiger partial charge in [0.15, 0.2) is 5.76 Å². The maximum absolute atomic E-state index is 12.8. The summed E-state index contributed by atoms with van der Waals surface area (Å²) in [5, 5.41) is 2.76. The predicted molar refractivity (Wildman–Crippen MR) is 87.4 cm³/mol. The van der Waals surface area contributed by atoms with Crippen molar-refractivity contribution < 1.29 is 14.0 Å². The monoisotopic (exact) mass is 312 g/mol. The van der Waals surface area contributed by atoms with Gasteiger partial charge in [-0.2, -0.15) is 0 Å². The summed E-state index contributed by atoms with van der Waals surface area (Å²) in [5.74, 6) is 0.338. The summed E-state index contributed by atoms with van der Waals surface area (Å²) in [6.45, 7) is 3.69. The molecule has 5 nitrogen and oxygen atoms in total. The van der Waals surface area contributed by atoms with E-state index in [9.17, 15) is 9.59 Å². The molecule has 1 aliphatic heterocycles. The molecule has 23 heavy (non-hydrogen) atoms. The first-order chi connectivity index (χ1) is 11.1. The molecule has 3 rings (SSSR count). The fourth-order valence-corrected chi connectivity index (χ4v) is 2.91. The molecule has 1 aromatic carbocycles. The normalized spacial score (nSPS) is 17.8. The average molecular weight is 312 g/mol. The number of nitrogens with one attached hydrogen (secondary N) is 1. The first-order valence-electron chi connectivity index (χ1n) is 7.88. The van der Waals surface area contributed by atoms with Crippen LogP contribution in [-0.4, -0.2) is 29.8 Å². The Balaban J connectivity index is 1.80. The van der Waals surface area contributed by atoms with Gasteiger partial charge in [-0.15, -0.1) is 0 Å². The number of piperidine rings is 1. The Bertz CT molecular complexity index is 694. The van der Waals surface area contributed by atoms with E-state index in [2.05, 4.69) is 12.2 Å². The number of nitrogens with zero attached hydrogens (tertiary/aromatic N) is 1. The molecule has 2 amide bonds. The number of likely N-dealkylation sites (tertiary alicyclic amines) is 1. The molecule has 120 valence electrons. The van der Waals surface area contributed by atoms with Gasteiger partial charge in [0.05, 0.1) is 17.5 Å². The van der Waals surface area contributed by atoms with Crippen LogP contribution in [0.15, 0.2) is 47.1 Å². The molecule has 0 saturated carbocycles. The maximum Gasteiger partial charge on any atom is 0.291 e. The lowest BCUT2D eigenvalue weighted by Crippen LogP contribution is -2.39. The Labute approximate surface area is 135 Å². The van der Waals surface area contributed by atoms with E-state index in [1.54, 1.807) is 30.3 Å². The van der Waals surface area contributed by atoms with Gasteiger partial charge in [0.25, 0.3) is 11.8 Å². The molecule has 0 bridgehead atoms. The second kappa shape index (κ2) is 6.69. The Morgan fingerprint density at radius 3 is 2.78 bits per heavy atom. The first kappa shape index (κ1) is 15.3. The lowest BCUT2D eigenvalue weighted by molar-refractivity contribution is 0.0684. The van der Waals surface area contributed by atoms with Crippen molar-refractivity contribution in [3.63, 3.8) is 0 Å². The summed E-state index contributed by atoms with van der Waals surface area (Å²) < 4.78 is 5.09. The minimum Gasteiger partial charge on any atom is -0.459 e. The summed E-state index contributed by atoms with van der Waals surface area (Å²) in [6, 6.07) is 10.3. The van der Waals surface area contributed by atoms with Gasteiger partial charge in [0.2, 0.25) is 0 Å². The number of rotatable bonds is 3. The molecule has 1 N–H and O–H groups in total. The molecule has 0 aliphatic carbocycles. The second-order valence-corrected chi connectivity index (χ2v) is 5.98. The van der Waals surface area contributed by atoms with Gasteiger partial charge in [-0.05, 0) is 43.0 Å². The van der Waals surface area contributed by atoms with Crippen molar-refractivity contribution in [3.8, 4) is 0 Å². The Morgan fingerprint density at radius 1 is 1.22 bits per heavy atom. The third-order valence-electron chi connectivity index (χ3n) is 4.09. The van der Waals surface area contributed by atoms with E-state index < -0.39 is 0 Å². The molecule has 0 radical (unpaired) electrons. The number of amides is 2. The van der Waals surface area contributed by atoms with E-state index in [0.29, 0.717) is 17.2 Å². The van der Waals surface area contributed by atoms with Crippen LogP contribution in [-0.2, 0) is 0 Å². The van der Waals surface area contributed by atoms with E-state index in [-0.39, 0.29) is 17.6 Å². The zero-order chi connectivity index (χ0) is 16.2. The summed E-state index contributed by atoms with van der Waals surface area (Å²) in [4.78, 5) is 26.8. The van der Waals surface area contributed by atoms with Gasteiger partial charge in [0, 0.05) is 13.1 Å². The standard InChI is InChI=1S/C18H20N2O3/c1-13-6-4-10-20(12-13)18(22)14-7-2-3-8-15(14)19-17(21)16-9-5-11-23-16/h2-3,5,7-9,11,13H,4,6,10,12H2,1H3,(H,19,21). The quantitative estimate of drug-likeness (QED) is 0.944. The highest BCUT2D eigenvalue weighted by Gasteiger charge is 2.24. The molecule has 1 unspecified atom stereocenters. The number of hydrogen-bond donors (Lipinski definition) is 1. The highest BCUT2D eigenvalue weighted by Crippen LogP contribution is 2.22. The van der Waals surface area contributed by atoms with E-state index in [0.717, 1.165) is 25.9 Å². The summed E-state index contributed by atoms with van der Waals surface area (Å²) in [7, 11) is 0. The van der Waals surface area contributed by atoms with Crippen LogP contribution in [0.3, 0.4) is 0 Å². The average Bonchev–Trinajstić information content (AvgIpc) is 3.09. The van der Waals surface area contributed by atoms with Gasteiger partial charge >= 0.3 is 0 Å². The van der Waals surface area contributed by atoms with Crippen molar-refractivity contribution in [2.24, 2.45) is 5.92 Å². The molecular weight excluding hydrogens is 292 g/mol. The van der Waals surface area contributed by atoms with Crippen molar-refractivity contribution >= 4 is 17.5 Å². The largest absolute Gasteiger partial charge is 0.459 e. The van der Waals surface area contributed by atoms with Crippen LogP contribution in [0.2, 0.25) is 0 Å². The second-order valence-electron chi connectivity index (χ2n) is 5.98. The summed E-state index contributed by atoms with van der Waals surface area (Å²) in [5.41, 5.74) is 1.03. The summed E-state index contributed by atoms with van der Waals surface area (Å²) >= 11 is 0. The van der Waals surface area contributed by atoms with E-state index >= 15 is 0 Å². The van der Waals surface area contributed by atoms with Crippen molar-refractivity contribution in [2.75, 3.05) is 18.4 Å². The Hall–Kier alpha value is -2.56. The topological polar surface area (TPSA) is 62.6 Å². The lowest BCUT2D eigenvalue weighted by Gasteiger charge is -2.31. The maximum atomic E-state index is 12.8. The van der Waals surface area contributed by atoms with Gasteiger partial charge in [0.1, 0.15) is 0 Å². The number of carbonyl (C=O) groups is 2. The highest BCUT2D eigenvalue weighted by atomic mass is 16.3. The SMILES string of the molecule is CC1CCCN(C(=O)c2ccccc2NC(=O)c2ccco2)C1. The zero-order valence-corrected chi connectivity index (χ0v) is 13.1. The predicted octanol–water partition coefficient (Wildman–Crippen LogP) is 3.40. The van der Waals surface area contributed by atoms with Crippen LogP contribution in [0.25, 0.3) is 0 Å². The molecule has 1 aromatic heterocycles. The van der Waals surface area contributed by atoms with Gasteiger partial charge in [-0.25, -0.2) is 0 Å². The molecular formula is C18H20N2O3. The molecule has 1 atom stereocenters. The summed E-state index contributed by atoms with van der Waals surface area (Å²) in [6.07, 6.45) is 3.62. The number of benzene rings is 1. The fraction of sp³-hybridized carbons (Fsp3) is 0.333. The van der Waals surface area contributed by atoms with Crippen LogP contribution in [0.4, 0.5) is 5.69 Å². The van der Waals surface area contributed by atoms with Gasteiger partial charge in [-0.1, -0.05) is 19.1 Å². The molecule has 1 fully saturated rings. The minimum absolute atomic E-state index is 0.0353. The van der Waals surface area contributed by atoms with Crippen molar-refractivity contribution in [3.05, 3.63) is 54.0 Å². The molecule has 2 aromatic rings. The van der Waals surface area contributed by atoms with Crippen LogP contribution in [0, 0.1) is 5.92 Å². The zero-order valence-electron chi connectivity index (χ0n) is 13.1.